The van der Waals surface area contributed by atoms with E-state index in [4.69, 9.17) is 9.68 Å². The van der Waals surface area contributed by atoms with E-state index in [1.807, 2.05) is 31.2 Å². The molecule has 0 N–H and O–H groups in total. The summed E-state index contributed by atoms with van der Waals surface area (Å²) in [5.41, 5.74) is 2.09. The summed E-state index contributed by atoms with van der Waals surface area (Å²) in [5.74, 6) is 0. The first-order valence-corrected chi connectivity index (χ1v) is 3.73. The van der Waals surface area contributed by atoms with E-state index in [0.29, 0.717) is 0 Å². The molecule has 1 aromatic rings. The molecule has 0 radical (unpaired) electrons. The Balaban J connectivity index is 2.80. The first kappa shape index (κ1) is 9.03. The van der Waals surface area contributed by atoms with Crippen molar-refractivity contribution in [3.63, 3.8) is 0 Å². The molecule has 0 aromatic heterocycles. The average molecular weight is 167 g/mol. The molecule has 0 spiro atoms. The molecule has 0 fully saturated rings. The second-order valence-electron chi connectivity index (χ2n) is 2.46. The average Bonchev–Trinajstić information content (AvgIpc) is 2.10. The third-order valence-electron chi connectivity index (χ3n) is 1.58. The third-order valence-corrected chi connectivity index (χ3v) is 1.58. The van der Waals surface area contributed by atoms with Crippen LogP contribution in [0.15, 0.2) is 24.3 Å². The summed E-state index contributed by atoms with van der Waals surface area (Å²) >= 11 is 0. The molecule has 0 aliphatic heterocycles. The van der Waals surface area contributed by atoms with Crippen LogP contribution in [0.4, 0.5) is 5.69 Å². The minimum Gasteiger partial charge on any atom is -0.252 e. The van der Waals surface area contributed by atoms with E-state index in [-0.39, 0.29) is 0 Å². The number of benzene rings is 1. The van der Waals surface area contributed by atoms with Gasteiger partial charge in [-0.3, -0.25) is 9.68 Å². The maximum atomic E-state index is 4.94. The highest BCUT2D eigenvalue weighted by molar-refractivity contribution is 5.42. The number of hydrogen-bond acceptors (Lipinski definition) is 3. The molecule has 66 valence electrons. The molecule has 0 saturated carbocycles. The minimum atomic E-state index is 0.880. The molecular formula is C9H13NO2. The predicted molar refractivity (Wildman–Crippen MR) is 47.7 cm³/mol. The lowest BCUT2D eigenvalue weighted by atomic mass is 10.2. The van der Waals surface area contributed by atoms with Crippen molar-refractivity contribution in [1.29, 1.82) is 0 Å². The van der Waals surface area contributed by atoms with E-state index in [0.717, 1.165) is 5.69 Å². The Hall–Kier alpha value is -1.06. The van der Waals surface area contributed by atoms with Crippen LogP contribution in [0, 0.1) is 6.92 Å². The molecule has 0 bridgehead atoms. The van der Waals surface area contributed by atoms with Gasteiger partial charge < -0.3 is 0 Å². The van der Waals surface area contributed by atoms with Crippen molar-refractivity contribution in [1.82, 2.24) is 0 Å². The van der Waals surface area contributed by atoms with Gasteiger partial charge in [-0.05, 0) is 19.1 Å². The van der Waals surface area contributed by atoms with E-state index in [1.165, 1.54) is 10.8 Å². The van der Waals surface area contributed by atoms with Gasteiger partial charge in [-0.1, -0.05) is 17.7 Å². The quantitative estimate of drug-likeness (QED) is 0.642. The van der Waals surface area contributed by atoms with Crippen LogP contribution >= 0.6 is 0 Å². The van der Waals surface area contributed by atoms with Gasteiger partial charge in [0.15, 0.2) is 0 Å². The van der Waals surface area contributed by atoms with E-state index in [1.54, 1.807) is 14.2 Å². The van der Waals surface area contributed by atoms with Gasteiger partial charge in [0.25, 0.3) is 0 Å². The van der Waals surface area contributed by atoms with Gasteiger partial charge in [-0.25, -0.2) is 0 Å². The fraction of sp³-hybridized carbons (Fsp3) is 0.333. The Morgan fingerprint density at radius 1 is 1.00 bits per heavy atom. The molecule has 12 heavy (non-hydrogen) atoms. The number of aryl methyl sites for hydroxylation is 1. The van der Waals surface area contributed by atoms with Crippen molar-refractivity contribution in [2.45, 2.75) is 6.92 Å². The van der Waals surface area contributed by atoms with Crippen LogP contribution in [0.2, 0.25) is 0 Å². The van der Waals surface area contributed by atoms with E-state index in [2.05, 4.69) is 0 Å². The monoisotopic (exact) mass is 167 g/mol. The maximum absolute atomic E-state index is 4.94. The zero-order valence-electron chi connectivity index (χ0n) is 7.57. The van der Waals surface area contributed by atoms with Crippen LogP contribution in [0.3, 0.4) is 0 Å². The van der Waals surface area contributed by atoms with Gasteiger partial charge in [0, 0.05) is 0 Å². The molecule has 0 unspecified atom stereocenters. The molecular weight excluding hydrogens is 154 g/mol. The van der Waals surface area contributed by atoms with Gasteiger partial charge >= 0.3 is 0 Å². The molecule has 0 amide bonds. The Kier molecular flexibility index (Phi) is 3.08. The predicted octanol–water partition coefficient (Wildman–Crippen LogP) is 1.92. The minimum absolute atomic E-state index is 0.880. The first-order chi connectivity index (χ1) is 5.77. The summed E-state index contributed by atoms with van der Waals surface area (Å²) in [7, 11) is 3.12. The standard InChI is InChI=1S/C9H13NO2/c1-8-4-6-9(7-5-8)10(11-2)12-3/h4-7H,1-3H3. The van der Waals surface area contributed by atoms with Crippen molar-refractivity contribution < 1.29 is 9.68 Å². The van der Waals surface area contributed by atoms with Crippen LogP contribution in [0.1, 0.15) is 5.56 Å². The largest absolute Gasteiger partial charge is 0.252 e. The van der Waals surface area contributed by atoms with E-state index in [9.17, 15) is 0 Å². The molecule has 0 heterocycles. The zero-order valence-corrected chi connectivity index (χ0v) is 7.57. The van der Waals surface area contributed by atoms with Gasteiger partial charge in [0.1, 0.15) is 0 Å². The van der Waals surface area contributed by atoms with Crippen molar-refractivity contribution in [3.8, 4) is 0 Å². The fourth-order valence-electron chi connectivity index (χ4n) is 0.952. The molecule has 3 nitrogen and oxygen atoms in total. The molecule has 1 rings (SSSR count). The molecule has 0 aliphatic carbocycles. The molecule has 1 aromatic carbocycles. The van der Waals surface area contributed by atoms with Crippen molar-refractivity contribution in [3.05, 3.63) is 29.8 Å². The molecule has 0 atom stereocenters. The lowest BCUT2D eigenvalue weighted by Gasteiger charge is -2.17. The Bertz CT molecular complexity index is 229. The summed E-state index contributed by atoms with van der Waals surface area (Å²) in [5, 5.41) is 1.35. The molecule has 3 heteroatoms. The topological polar surface area (TPSA) is 21.7 Å². The summed E-state index contributed by atoms with van der Waals surface area (Å²) in [6.07, 6.45) is 0. The SMILES string of the molecule is CON(OC)c1ccc(C)cc1. The van der Waals surface area contributed by atoms with Crippen LogP contribution in [0.5, 0.6) is 0 Å². The summed E-state index contributed by atoms with van der Waals surface area (Å²) in [6, 6.07) is 7.87. The molecule has 0 saturated heterocycles. The van der Waals surface area contributed by atoms with E-state index >= 15 is 0 Å². The number of rotatable bonds is 3. The lowest BCUT2D eigenvalue weighted by molar-refractivity contribution is -0.0433. The summed E-state index contributed by atoms with van der Waals surface area (Å²) < 4.78 is 0. The fourth-order valence-corrected chi connectivity index (χ4v) is 0.952. The normalized spacial score (nSPS) is 9.92. The van der Waals surface area contributed by atoms with Gasteiger partial charge in [-0.2, -0.15) is 0 Å². The summed E-state index contributed by atoms with van der Waals surface area (Å²) in [4.78, 5) is 9.87. The Morgan fingerprint density at radius 3 is 1.92 bits per heavy atom. The Morgan fingerprint density at radius 2 is 1.50 bits per heavy atom. The van der Waals surface area contributed by atoms with Crippen LogP contribution < -0.4 is 5.23 Å². The zero-order chi connectivity index (χ0) is 8.97. The third kappa shape index (κ3) is 1.96. The van der Waals surface area contributed by atoms with Crippen LogP contribution in [0.25, 0.3) is 0 Å². The lowest BCUT2D eigenvalue weighted by Crippen LogP contribution is -2.19. The highest BCUT2D eigenvalue weighted by Crippen LogP contribution is 2.14. The smallest absolute Gasteiger partial charge is 0.0947 e. The second-order valence-corrected chi connectivity index (χ2v) is 2.46. The summed E-state index contributed by atoms with van der Waals surface area (Å²) in [6.45, 7) is 2.04. The van der Waals surface area contributed by atoms with E-state index < -0.39 is 0 Å². The second kappa shape index (κ2) is 4.09. The highest BCUT2D eigenvalue weighted by atomic mass is 16.9. The van der Waals surface area contributed by atoms with Crippen LogP contribution in [-0.2, 0) is 9.68 Å². The number of anilines is 1. The van der Waals surface area contributed by atoms with Crippen molar-refractivity contribution in [2.75, 3.05) is 19.4 Å². The van der Waals surface area contributed by atoms with Crippen molar-refractivity contribution >= 4 is 5.69 Å². The maximum Gasteiger partial charge on any atom is 0.0947 e. The molecule has 0 aliphatic rings. The van der Waals surface area contributed by atoms with Gasteiger partial charge in [0.05, 0.1) is 19.9 Å². The first-order valence-electron chi connectivity index (χ1n) is 3.73. The van der Waals surface area contributed by atoms with Gasteiger partial charge in [-0.15, -0.1) is 5.23 Å². The number of hydrogen-bond donors (Lipinski definition) is 0. The Labute approximate surface area is 72.4 Å². The van der Waals surface area contributed by atoms with Gasteiger partial charge in [0.2, 0.25) is 0 Å². The van der Waals surface area contributed by atoms with Crippen molar-refractivity contribution in [2.24, 2.45) is 0 Å². The highest BCUT2D eigenvalue weighted by Gasteiger charge is 2.01. The van der Waals surface area contributed by atoms with Crippen LogP contribution in [-0.4, -0.2) is 14.2 Å². The number of nitrogens with zero attached hydrogens (tertiary/aromatic N) is 1.